The van der Waals surface area contributed by atoms with Gasteiger partial charge in [-0.3, -0.25) is 14.9 Å². The molecule has 3 saturated heterocycles. The number of hydrogen-bond donors (Lipinski definition) is 1. The van der Waals surface area contributed by atoms with E-state index in [0.717, 1.165) is 65.0 Å². The first-order valence-corrected chi connectivity index (χ1v) is 10.6. The van der Waals surface area contributed by atoms with E-state index in [4.69, 9.17) is 0 Å². The van der Waals surface area contributed by atoms with Gasteiger partial charge < -0.3 is 15.1 Å². The minimum absolute atomic E-state index is 0. The lowest BCUT2D eigenvalue weighted by molar-refractivity contribution is -0.384. The third-order valence-corrected chi connectivity index (χ3v) is 6.72. The molecule has 0 saturated carbocycles. The molecule has 0 radical (unpaired) electrons. The van der Waals surface area contributed by atoms with Crippen LogP contribution in [-0.4, -0.2) is 55.0 Å². The molecule has 0 aromatic heterocycles. The number of nitrogens with one attached hydrogen (secondary N) is 1. The Hall–Kier alpha value is -1.86. The van der Waals surface area contributed by atoms with Gasteiger partial charge in [-0.1, -0.05) is 6.92 Å². The number of likely N-dealkylation sites (tertiary alicyclic amines) is 1. The molecule has 3 aliphatic heterocycles. The van der Waals surface area contributed by atoms with E-state index in [0.29, 0.717) is 29.0 Å². The number of carbonyl (C=O) groups is 1. The first-order chi connectivity index (χ1) is 13.5. The molecule has 4 rings (SSSR count). The van der Waals surface area contributed by atoms with Crippen LogP contribution in [-0.2, 0) is 0 Å². The van der Waals surface area contributed by atoms with Gasteiger partial charge in [-0.2, -0.15) is 0 Å². The van der Waals surface area contributed by atoms with Gasteiger partial charge in [0.1, 0.15) is 5.69 Å². The van der Waals surface area contributed by atoms with Crippen molar-refractivity contribution >= 4 is 29.7 Å². The van der Waals surface area contributed by atoms with Crippen molar-refractivity contribution in [2.45, 2.75) is 32.6 Å². The maximum absolute atomic E-state index is 13.1. The van der Waals surface area contributed by atoms with Gasteiger partial charge >= 0.3 is 0 Å². The van der Waals surface area contributed by atoms with Crippen molar-refractivity contribution < 1.29 is 9.72 Å². The smallest absolute Gasteiger partial charge is 0.293 e. The third kappa shape index (κ3) is 4.67. The van der Waals surface area contributed by atoms with Crippen LogP contribution in [0.15, 0.2) is 18.2 Å². The van der Waals surface area contributed by atoms with Gasteiger partial charge in [0.15, 0.2) is 0 Å². The van der Waals surface area contributed by atoms with Crippen molar-refractivity contribution in [3.05, 3.63) is 33.9 Å². The van der Waals surface area contributed by atoms with E-state index in [1.165, 1.54) is 6.07 Å². The lowest BCUT2D eigenvalue weighted by atomic mass is 9.92. The van der Waals surface area contributed by atoms with Gasteiger partial charge in [-0.05, 0) is 68.7 Å². The largest absolute Gasteiger partial charge is 0.366 e. The number of carbonyl (C=O) groups excluding carboxylic acids is 1. The molecule has 1 aromatic carbocycles. The Morgan fingerprint density at radius 3 is 2.45 bits per heavy atom. The molecule has 0 aliphatic carbocycles. The minimum atomic E-state index is -0.343. The molecule has 1 amide bonds. The summed E-state index contributed by atoms with van der Waals surface area (Å²) in [5.74, 6) is 1.75. The van der Waals surface area contributed by atoms with Crippen LogP contribution >= 0.6 is 12.4 Å². The number of nitro benzene ring substituents is 1. The van der Waals surface area contributed by atoms with E-state index in [2.05, 4.69) is 17.1 Å². The van der Waals surface area contributed by atoms with E-state index < -0.39 is 0 Å². The molecule has 7 nitrogen and oxygen atoms in total. The number of anilines is 1. The lowest BCUT2D eigenvalue weighted by Gasteiger charge is -2.32. The van der Waals surface area contributed by atoms with Crippen molar-refractivity contribution in [2.75, 3.05) is 44.2 Å². The Labute approximate surface area is 178 Å². The molecule has 3 fully saturated rings. The average Bonchev–Trinajstić information content (AvgIpc) is 3.05. The number of fused-ring (bicyclic) bond motifs is 1. The molecule has 1 N–H and O–H groups in total. The number of benzene rings is 1. The molecule has 0 bridgehead atoms. The molecule has 3 atom stereocenters. The molecule has 1 aromatic rings. The van der Waals surface area contributed by atoms with Gasteiger partial charge in [0.25, 0.3) is 11.6 Å². The van der Waals surface area contributed by atoms with E-state index in [1.807, 2.05) is 4.90 Å². The van der Waals surface area contributed by atoms with Crippen LogP contribution in [0.4, 0.5) is 11.4 Å². The van der Waals surface area contributed by atoms with Crippen LogP contribution in [0, 0.1) is 27.9 Å². The fourth-order valence-corrected chi connectivity index (χ4v) is 5.08. The number of hydrogen-bond acceptors (Lipinski definition) is 5. The minimum Gasteiger partial charge on any atom is -0.366 e. The second-order valence-corrected chi connectivity index (χ2v) is 8.70. The predicted molar refractivity (Wildman–Crippen MR) is 116 cm³/mol. The number of rotatable bonds is 3. The fourth-order valence-electron chi connectivity index (χ4n) is 5.08. The van der Waals surface area contributed by atoms with Crippen LogP contribution in [0.2, 0.25) is 0 Å². The molecular weight excluding hydrogens is 392 g/mol. The van der Waals surface area contributed by atoms with Crippen molar-refractivity contribution in [1.29, 1.82) is 0 Å². The first-order valence-electron chi connectivity index (χ1n) is 10.6. The zero-order chi connectivity index (χ0) is 19.7. The van der Waals surface area contributed by atoms with Crippen LogP contribution in [0.5, 0.6) is 0 Å². The van der Waals surface area contributed by atoms with Crippen molar-refractivity contribution in [2.24, 2.45) is 17.8 Å². The van der Waals surface area contributed by atoms with Crippen LogP contribution in [0.3, 0.4) is 0 Å². The van der Waals surface area contributed by atoms with E-state index in [1.54, 1.807) is 12.1 Å². The monoisotopic (exact) mass is 422 g/mol. The molecule has 8 heteroatoms. The zero-order valence-electron chi connectivity index (χ0n) is 17.0. The molecule has 160 valence electrons. The summed E-state index contributed by atoms with van der Waals surface area (Å²) in [4.78, 5) is 28.4. The normalized spacial score (nSPS) is 27.0. The van der Waals surface area contributed by atoms with Crippen molar-refractivity contribution in [1.82, 2.24) is 10.2 Å². The molecule has 29 heavy (non-hydrogen) atoms. The maximum Gasteiger partial charge on any atom is 0.293 e. The summed E-state index contributed by atoms with van der Waals surface area (Å²) in [5.41, 5.74) is 1.13. The summed E-state index contributed by atoms with van der Waals surface area (Å²) in [6.45, 7) is 7.41. The highest BCUT2D eigenvalue weighted by molar-refractivity contribution is 5.95. The van der Waals surface area contributed by atoms with Gasteiger partial charge in [0.2, 0.25) is 0 Å². The highest BCUT2D eigenvalue weighted by Gasteiger charge is 2.32. The van der Waals surface area contributed by atoms with E-state index >= 15 is 0 Å². The quantitative estimate of drug-likeness (QED) is 0.597. The van der Waals surface area contributed by atoms with Gasteiger partial charge in [-0.15, -0.1) is 12.4 Å². The van der Waals surface area contributed by atoms with Crippen LogP contribution < -0.4 is 10.2 Å². The highest BCUT2D eigenvalue weighted by atomic mass is 35.5. The Morgan fingerprint density at radius 1 is 1.14 bits per heavy atom. The topological polar surface area (TPSA) is 78.7 Å². The Morgan fingerprint density at radius 2 is 1.83 bits per heavy atom. The average molecular weight is 423 g/mol. The Balaban J connectivity index is 0.00000240. The Bertz CT molecular complexity index is 745. The zero-order valence-corrected chi connectivity index (χ0v) is 17.8. The Kier molecular flexibility index (Phi) is 7.01. The molecular formula is C21H31ClN4O3. The second kappa shape index (κ2) is 9.30. The van der Waals surface area contributed by atoms with Crippen molar-refractivity contribution in [3.8, 4) is 0 Å². The SMILES string of the molecule is CC1CCCN(c2ccc(C(=O)N3CC[C@@H]4CNC[C@@H]4CC3)cc2[N+](=O)[O-])C1.Cl. The third-order valence-electron chi connectivity index (χ3n) is 6.72. The molecule has 3 heterocycles. The fraction of sp³-hybridized carbons (Fsp3) is 0.667. The number of halogens is 1. The first kappa shape index (κ1) is 21.8. The molecule has 1 unspecified atom stereocenters. The van der Waals surface area contributed by atoms with Gasteiger partial charge in [0, 0.05) is 37.8 Å². The van der Waals surface area contributed by atoms with Crippen LogP contribution in [0.25, 0.3) is 0 Å². The summed E-state index contributed by atoms with van der Waals surface area (Å²) < 4.78 is 0. The summed E-state index contributed by atoms with van der Waals surface area (Å²) in [7, 11) is 0. The molecule has 3 aliphatic rings. The molecule has 0 spiro atoms. The van der Waals surface area contributed by atoms with Crippen molar-refractivity contribution in [3.63, 3.8) is 0 Å². The summed E-state index contributed by atoms with van der Waals surface area (Å²) in [6.07, 6.45) is 4.22. The summed E-state index contributed by atoms with van der Waals surface area (Å²) >= 11 is 0. The summed E-state index contributed by atoms with van der Waals surface area (Å²) in [6, 6.07) is 5.04. The highest BCUT2D eigenvalue weighted by Crippen LogP contribution is 2.33. The summed E-state index contributed by atoms with van der Waals surface area (Å²) in [5, 5.41) is 15.2. The maximum atomic E-state index is 13.1. The lowest BCUT2D eigenvalue weighted by Crippen LogP contribution is -2.35. The number of amides is 1. The second-order valence-electron chi connectivity index (χ2n) is 8.70. The standard InChI is InChI=1S/C21H30N4O3.ClH/c1-15-3-2-8-24(14-15)19-5-4-16(11-20(19)25(27)28)21(26)23-9-6-17-12-22-13-18(17)7-10-23;/h4-5,11,15,17-18,22H,2-3,6-10,12-14H2,1H3;1H/t15?,17-,18+;. The number of nitrogens with zero attached hydrogens (tertiary/aromatic N) is 3. The van der Waals surface area contributed by atoms with Gasteiger partial charge in [0.05, 0.1) is 4.92 Å². The van der Waals surface area contributed by atoms with E-state index in [9.17, 15) is 14.9 Å². The van der Waals surface area contributed by atoms with Gasteiger partial charge in [-0.25, -0.2) is 0 Å². The van der Waals surface area contributed by atoms with E-state index in [-0.39, 0.29) is 28.9 Å². The predicted octanol–water partition coefficient (Wildman–Crippen LogP) is 3.32. The van der Waals surface area contributed by atoms with Crippen LogP contribution in [0.1, 0.15) is 43.0 Å². The number of piperidine rings is 1. The number of nitro groups is 1.